The molecule has 3 aliphatic heterocycles. The maximum Gasteiger partial charge on any atom is 0.258 e. The molecule has 3 heterocycles. The van der Waals surface area contributed by atoms with Crippen molar-refractivity contribution < 1.29 is 28.6 Å². The van der Waals surface area contributed by atoms with E-state index in [0.717, 1.165) is 11.1 Å². The molecule has 3 amide bonds. The number of hydrogen-bond acceptors (Lipinski definition) is 6. The molecule has 3 aromatic rings. The number of carbonyl (C=O) groups is 3. The van der Waals surface area contributed by atoms with Gasteiger partial charge in [0.1, 0.15) is 11.9 Å². The molecule has 0 aliphatic carbocycles. The summed E-state index contributed by atoms with van der Waals surface area (Å²) >= 11 is 0. The summed E-state index contributed by atoms with van der Waals surface area (Å²) < 4.78 is 17.3. The zero-order valence-electron chi connectivity index (χ0n) is 21.5. The van der Waals surface area contributed by atoms with Gasteiger partial charge in [0.2, 0.25) is 5.91 Å². The van der Waals surface area contributed by atoms with E-state index < -0.39 is 12.1 Å². The maximum absolute atomic E-state index is 13.3. The van der Waals surface area contributed by atoms with Crippen LogP contribution in [0.2, 0.25) is 0 Å². The molecule has 0 unspecified atom stereocenters. The van der Waals surface area contributed by atoms with Crippen LogP contribution >= 0.6 is 0 Å². The number of hydrogen-bond donors (Lipinski definition) is 2. The highest BCUT2D eigenvalue weighted by Crippen LogP contribution is 2.28. The second-order valence-electron chi connectivity index (χ2n) is 9.30. The standard InChI is InChI=1S/C30H29N3O6/c1-37-25-13-10-22-15-26(25)38-19-28(34)31-16-21-7-11-23(12-8-21)39-27-18-33(17-24(27)32-30(22)36)29(35)14-9-20-5-3-2-4-6-20/h2-15,24,27H,16-19H2,1H3,(H,31,34)(H,32,36)/t24-,27-/m0/s1. The van der Waals surface area contributed by atoms with E-state index in [-0.39, 0.29) is 36.6 Å². The summed E-state index contributed by atoms with van der Waals surface area (Å²) in [5, 5.41) is 5.83. The number of methoxy groups -OCH3 is 1. The van der Waals surface area contributed by atoms with Crippen LogP contribution in [-0.2, 0) is 16.1 Å². The Labute approximate surface area is 226 Å². The van der Waals surface area contributed by atoms with Crippen LogP contribution in [0.15, 0.2) is 78.9 Å². The predicted molar refractivity (Wildman–Crippen MR) is 145 cm³/mol. The molecule has 0 spiro atoms. The topological polar surface area (TPSA) is 106 Å². The number of benzene rings is 3. The molecule has 3 aromatic carbocycles. The van der Waals surface area contributed by atoms with Gasteiger partial charge in [-0.25, -0.2) is 0 Å². The van der Waals surface area contributed by atoms with Crippen molar-refractivity contribution in [3.8, 4) is 17.2 Å². The SMILES string of the molecule is COc1ccc2cc1OCC(=O)NCc1ccc(cc1)O[C@H]1CN(C(=O)C=Cc3ccccc3)C[C@@H]1NC2=O. The van der Waals surface area contributed by atoms with E-state index in [4.69, 9.17) is 14.2 Å². The van der Waals surface area contributed by atoms with Gasteiger partial charge in [-0.3, -0.25) is 14.4 Å². The van der Waals surface area contributed by atoms with E-state index in [1.807, 2.05) is 54.6 Å². The molecule has 2 N–H and O–H groups in total. The zero-order chi connectivity index (χ0) is 27.2. The number of nitrogens with one attached hydrogen (secondary N) is 2. The zero-order valence-corrected chi connectivity index (χ0v) is 21.5. The summed E-state index contributed by atoms with van der Waals surface area (Å²) in [5.41, 5.74) is 2.13. The fourth-order valence-corrected chi connectivity index (χ4v) is 4.49. The number of rotatable bonds is 3. The van der Waals surface area contributed by atoms with E-state index in [2.05, 4.69) is 10.6 Å². The van der Waals surface area contributed by atoms with Crippen LogP contribution in [0.5, 0.6) is 17.2 Å². The second-order valence-corrected chi connectivity index (χ2v) is 9.30. The normalized spacial score (nSPS) is 19.4. The Morgan fingerprint density at radius 3 is 2.59 bits per heavy atom. The average Bonchev–Trinajstić information content (AvgIpc) is 3.36. The van der Waals surface area contributed by atoms with Crippen LogP contribution < -0.4 is 24.8 Å². The first-order valence-corrected chi connectivity index (χ1v) is 12.6. The molecule has 200 valence electrons. The summed E-state index contributed by atoms with van der Waals surface area (Å²) in [6.45, 7) is 0.671. The highest BCUT2D eigenvalue weighted by atomic mass is 16.5. The molecule has 4 bridgehead atoms. The molecule has 3 aliphatic rings. The van der Waals surface area contributed by atoms with Gasteiger partial charge in [-0.2, -0.15) is 0 Å². The van der Waals surface area contributed by atoms with Crippen molar-refractivity contribution in [3.63, 3.8) is 0 Å². The average molecular weight is 528 g/mol. The Balaban J connectivity index is 1.40. The number of ether oxygens (including phenoxy) is 3. The molecule has 1 saturated heterocycles. The lowest BCUT2D eigenvalue weighted by atomic mass is 10.1. The smallest absolute Gasteiger partial charge is 0.258 e. The van der Waals surface area contributed by atoms with Crippen LogP contribution in [-0.4, -0.2) is 61.6 Å². The molecular weight excluding hydrogens is 498 g/mol. The van der Waals surface area contributed by atoms with Crippen molar-refractivity contribution in [3.05, 3.63) is 95.6 Å². The van der Waals surface area contributed by atoms with Gasteiger partial charge in [0, 0.05) is 24.7 Å². The molecule has 0 radical (unpaired) electrons. The second kappa shape index (κ2) is 11.7. The Morgan fingerprint density at radius 2 is 1.82 bits per heavy atom. The fourth-order valence-electron chi connectivity index (χ4n) is 4.49. The van der Waals surface area contributed by atoms with Gasteiger partial charge in [-0.1, -0.05) is 42.5 Å². The molecule has 9 nitrogen and oxygen atoms in total. The van der Waals surface area contributed by atoms with Gasteiger partial charge in [-0.05, 0) is 47.5 Å². The third-order valence-electron chi connectivity index (χ3n) is 6.60. The van der Waals surface area contributed by atoms with Gasteiger partial charge in [-0.15, -0.1) is 0 Å². The van der Waals surface area contributed by atoms with Crippen molar-refractivity contribution in [2.45, 2.75) is 18.7 Å². The number of likely N-dealkylation sites (tertiary alicyclic amines) is 1. The quantitative estimate of drug-likeness (QED) is 0.508. The molecule has 39 heavy (non-hydrogen) atoms. The predicted octanol–water partition coefficient (Wildman–Crippen LogP) is 2.81. The third kappa shape index (κ3) is 6.38. The van der Waals surface area contributed by atoms with E-state index in [0.29, 0.717) is 30.2 Å². The summed E-state index contributed by atoms with van der Waals surface area (Å²) in [4.78, 5) is 40.3. The minimum absolute atomic E-state index is 0.169. The lowest BCUT2D eigenvalue weighted by molar-refractivity contribution is -0.125. The molecular formula is C30H29N3O6. The Bertz CT molecular complexity index is 1370. The lowest BCUT2D eigenvalue weighted by Gasteiger charge is -2.21. The summed E-state index contributed by atoms with van der Waals surface area (Å²) in [6, 6.07) is 21.2. The monoisotopic (exact) mass is 527 g/mol. The van der Waals surface area contributed by atoms with E-state index in [9.17, 15) is 14.4 Å². The Morgan fingerprint density at radius 1 is 1.03 bits per heavy atom. The molecule has 6 rings (SSSR count). The van der Waals surface area contributed by atoms with E-state index in [1.165, 1.54) is 19.3 Å². The fraction of sp³-hybridized carbons (Fsp3) is 0.233. The molecule has 9 heteroatoms. The van der Waals surface area contributed by atoms with Crippen LogP contribution in [0.3, 0.4) is 0 Å². The van der Waals surface area contributed by atoms with E-state index in [1.54, 1.807) is 23.1 Å². The summed E-state index contributed by atoms with van der Waals surface area (Å²) in [5.74, 6) is 0.434. The van der Waals surface area contributed by atoms with Crippen LogP contribution in [0.25, 0.3) is 6.08 Å². The lowest BCUT2D eigenvalue weighted by Crippen LogP contribution is -2.45. The third-order valence-corrected chi connectivity index (χ3v) is 6.60. The molecule has 2 atom stereocenters. The first-order chi connectivity index (χ1) is 19.0. The molecule has 0 aromatic heterocycles. The van der Waals surface area contributed by atoms with Gasteiger partial charge in [0.05, 0.1) is 19.7 Å². The number of fused-ring (bicyclic) bond motifs is 7. The van der Waals surface area contributed by atoms with Gasteiger partial charge in [0.15, 0.2) is 18.1 Å². The van der Waals surface area contributed by atoms with Gasteiger partial charge >= 0.3 is 0 Å². The Hall–Kier alpha value is -4.79. The van der Waals surface area contributed by atoms with Crippen molar-refractivity contribution >= 4 is 23.8 Å². The minimum Gasteiger partial charge on any atom is -0.493 e. The highest BCUT2D eigenvalue weighted by molar-refractivity contribution is 5.95. The first-order valence-electron chi connectivity index (χ1n) is 12.6. The number of nitrogens with zero attached hydrogens (tertiary/aromatic N) is 1. The number of amides is 3. The Kier molecular flexibility index (Phi) is 7.77. The molecule has 0 saturated carbocycles. The van der Waals surface area contributed by atoms with Gasteiger partial charge in [0.25, 0.3) is 11.8 Å². The van der Waals surface area contributed by atoms with Crippen molar-refractivity contribution in [1.29, 1.82) is 0 Å². The van der Waals surface area contributed by atoms with Crippen LogP contribution in [0.1, 0.15) is 21.5 Å². The van der Waals surface area contributed by atoms with Gasteiger partial charge < -0.3 is 29.7 Å². The maximum atomic E-state index is 13.3. The minimum atomic E-state index is -0.474. The number of carbonyl (C=O) groups excluding carboxylic acids is 3. The van der Waals surface area contributed by atoms with Crippen molar-refractivity contribution in [2.75, 3.05) is 26.8 Å². The van der Waals surface area contributed by atoms with Crippen molar-refractivity contribution in [2.24, 2.45) is 0 Å². The van der Waals surface area contributed by atoms with Crippen molar-refractivity contribution in [1.82, 2.24) is 15.5 Å². The highest BCUT2D eigenvalue weighted by Gasteiger charge is 2.37. The van der Waals surface area contributed by atoms with Crippen LogP contribution in [0.4, 0.5) is 0 Å². The largest absolute Gasteiger partial charge is 0.493 e. The molecule has 1 fully saturated rings. The first kappa shape index (κ1) is 25.8. The summed E-state index contributed by atoms with van der Waals surface area (Å²) in [7, 11) is 1.49. The summed E-state index contributed by atoms with van der Waals surface area (Å²) in [6.07, 6.45) is 2.83. The van der Waals surface area contributed by atoms with E-state index >= 15 is 0 Å². The van der Waals surface area contributed by atoms with Crippen LogP contribution in [0, 0.1) is 0 Å².